The van der Waals surface area contributed by atoms with Crippen LogP contribution in [-0.2, 0) is 19.1 Å². The van der Waals surface area contributed by atoms with Crippen LogP contribution in [0.5, 0.6) is 0 Å². The maximum Gasteiger partial charge on any atom is 0.549 e. The van der Waals surface area contributed by atoms with Gasteiger partial charge in [-0.15, -0.1) is 4.52 Å². The highest BCUT2D eigenvalue weighted by molar-refractivity contribution is 7.90. The summed E-state index contributed by atoms with van der Waals surface area (Å²) in [6.07, 6.45) is 0. The maximum absolute atomic E-state index is 12.0. The molecule has 1 unspecified atom stereocenters. The first-order chi connectivity index (χ1) is 7.88. The van der Waals surface area contributed by atoms with E-state index >= 15 is 0 Å². The summed E-state index contributed by atoms with van der Waals surface area (Å²) in [6.45, 7) is 3.44. The van der Waals surface area contributed by atoms with Gasteiger partial charge in [-0.2, -0.15) is 0 Å². The topological polar surface area (TPSA) is 72.5 Å². The predicted molar refractivity (Wildman–Crippen MR) is 66.1 cm³/mol. The van der Waals surface area contributed by atoms with Crippen molar-refractivity contribution in [1.29, 1.82) is 0 Å². The monoisotopic (exact) mass is 276 g/mol. The summed E-state index contributed by atoms with van der Waals surface area (Å²) in [4.78, 5) is -0.00309. The zero-order chi connectivity index (χ0) is 13.1. The fourth-order valence-corrected chi connectivity index (χ4v) is 3.90. The average molecular weight is 276 g/mol. The van der Waals surface area contributed by atoms with Crippen LogP contribution in [-0.4, -0.2) is 21.6 Å². The van der Waals surface area contributed by atoms with Crippen LogP contribution < -0.4 is 10.0 Å². The van der Waals surface area contributed by atoms with Crippen LogP contribution in [0.15, 0.2) is 29.2 Å². The SMILES string of the molecule is CO[P+](=O)c1ccccc1S(=O)(=O)NC(C)C. The first-order valence-electron chi connectivity index (χ1n) is 5.01. The molecular formula is C10H15NO4PS+. The Bertz CT molecular complexity index is 513. The van der Waals surface area contributed by atoms with Gasteiger partial charge in [-0.3, -0.25) is 0 Å². The Morgan fingerprint density at radius 1 is 1.29 bits per heavy atom. The van der Waals surface area contributed by atoms with Crippen molar-refractivity contribution in [3.63, 3.8) is 0 Å². The molecule has 0 saturated carbocycles. The van der Waals surface area contributed by atoms with Crippen molar-refractivity contribution in [3.8, 4) is 0 Å². The van der Waals surface area contributed by atoms with Gasteiger partial charge in [0.15, 0.2) is 0 Å². The molecule has 0 amide bonds. The highest BCUT2D eigenvalue weighted by atomic mass is 32.2. The third-order valence-corrected chi connectivity index (χ3v) is 4.89. The molecule has 94 valence electrons. The summed E-state index contributed by atoms with van der Waals surface area (Å²) >= 11 is 0. The summed E-state index contributed by atoms with van der Waals surface area (Å²) in [5.41, 5.74) is 0. The second-order valence-electron chi connectivity index (χ2n) is 3.68. The van der Waals surface area contributed by atoms with Crippen molar-refractivity contribution >= 4 is 23.4 Å². The zero-order valence-electron chi connectivity index (χ0n) is 9.88. The number of benzene rings is 1. The Labute approximate surface area is 102 Å². The molecule has 5 nitrogen and oxygen atoms in total. The largest absolute Gasteiger partial charge is 0.549 e. The Kier molecular flexibility index (Phi) is 4.77. The molecule has 1 atom stereocenters. The number of hydrogen-bond donors (Lipinski definition) is 1. The number of nitrogens with one attached hydrogen (secondary N) is 1. The molecule has 1 aromatic rings. The molecule has 1 aromatic carbocycles. The molecule has 0 heterocycles. The number of rotatable bonds is 5. The Balaban J connectivity index is 3.27. The standard InChI is InChI=1S/C10H15NO4PS/c1-8(2)11-17(13,14)10-7-5-4-6-9(10)16(12)15-3/h4-8,11H,1-3H3/q+1. The average Bonchev–Trinajstić information content (AvgIpc) is 2.26. The minimum atomic E-state index is -3.66. The molecule has 0 aliphatic heterocycles. The van der Waals surface area contributed by atoms with Crippen LogP contribution >= 0.6 is 8.03 Å². The van der Waals surface area contributed by atoms with E-state index in [4.69, 9.17) is 4.52 Å². The smallest absolute Gasteiger partial charge is 0.208 e. The zero-order valence-corrected chi connectivity index (χ0v) is 11.6. The van der Waals surface area contributed by atoms with E-state index in [2.05, 4.69) is 4.72 Å². The normalized spacial score (nSPS) is 12.8. The maximum atomic E-state index is 12.0. The molecule has 0 radical (unpaired) electrons. The van der Waals surface area contributed by atoms with Gasteiger partial charge in [0.1, 0.15) is 4.90 Å². The molecule has 0 aliphatic carbocycles. The van der Waals surface area contributed by atoms with Crippen LogP contribution in [0.1, 0.15) is 13.8 Å². The molecule has 0 saturated heterocycles. The van der Waals surface area contributed by atoms with Gasteiger partial charge in [-0.05, 0) is 30.5 Å². The summed E-state index contributed by atoms with van der Waals surface area (Å²) in [5.74, 6) is 0. The fourth-order valence-electron chi connectivity index (χ4n) is 1.31. The van der Waals surface area contributed by atoms with Gasteiger partial charge in [0.25, 0.3) is 0 Å². The molecule has 0 bridgehead atoms. The molecular weight excluding hydrogens is 261 g/mol. The fraction of sp³-hybridized carbons (Fsp3) is 0.400. The summed E-state index contributed by atoms with van der Waals surface area (Å²) in [5, 5.41) is 0.179. The number of sulfonamides is 1. The molecule has 0 spiro atoms. The highest BCUT2D eigenvalue weighted by Crippen LogP contribution is 2.24. The van der Waals surface area contributed by atoms with Crippen molar-refractivity contribution in [2.45, 2.75) is 24.8 Å². The quantitative estimate of drug-likeness (QED) is 0.825. The third kappa shape index (κ3) is 3.57. The van der Waals surface area contributed by atoms with Gasteiger partial charge < -0.3 is 0 Å². The van der Waals surface area contributed by atoms with E-state index in [0.29, 0.717) is 0 Å². The summed E-state index contributed by atoms with van der Waals surface area (Å²) in [7, 11) is -4.54. The van der Waals surface area contributed by atoms with Crippen molar-refractivity contribution in [2.24, 2.45) is 0 Å². The second kappa shape index (κ2) is 5.69. The Hall–Kier alpha value is -0.810. The van der Waals surface area contributed by atoms with Crippen molar-refractivity contribution in [2.75, 3.05) is 7.11 Å². The van der Waals surface area contributed by atoms with Crippen LogP contribution in [0.3, 0.4) is 0 Å². The van der Waals surface area contributed by atoms with E-state index in [1.54, 1.807) is 26.0 Å². The third-order valence-electron chi connectivity index (χ3n) is 1.91. The van der Waals surface area contributed by atoms with Crippen LogP contribution in [0, 0.1) is 0 Å². The molecule has 0 fully saturated rings. The molecule has 17 heavy (non-hydrogen) atoms. The van der Waals surface area contributed by atoms with Crippen LogP contribution in [0.2, 0.25) is 0 Å². The Morgan fingerprint density at radius 2 is 1.88 bits per heavy atom. The van der Waals surface area contributed by atoms with Crippen molar-refractivity contribution in [3.05, 3.63) is 24.3 Å². The molecule has 0 aromatic heterocycles. The highest BCUT2D eigenvalue weighted by Gasteiger charge is 2.31. The lowest BCUT2D eigenvalue weighted by molar-refractivity contribution is 0.422. The van der Waals surface area contributed by atoms with Gasteiger partial charge >= 0.3 is 8.03 Å². The molecule has 7 heteroatoms. The van der Waals surface area contributed by atoms with Gasteiger partial charge in [0.05, 0.1) is 7.11 Å². The second-order valence-corrected chi connectivity index (χ2v) is 6.73. The van der Waals surface area contributed by atoms with Crippen LogP contribution in [0.4, 0.5) is 0 Å². The van der Waals surface area contributed by atoms with Gasteiger partial charge in [0.2, 0.25) is 15.3 Å². The molecule has 1 N–H and O–H groups in total. The van der Waals surface area contributed by atoms with Crippen molar-refractivity contribution < 1.29 is 17.5 Å². The van der Waals surface area contributed by atoms with E-state index in [0.717, 1.165) is 0 Å². The lowest BCUT2D eigenvalue weighted by Crippen LogP contribution is -2.32. The van der Waals surface area contributed by atoms with E-state index in [1.165, 1.54) is 19.2 Å². The van der Waals surface area contributed by atoms with E-state index in [-0.39, 0.29) is 16.2 Å². The lowest BCUT2D eigenvalue weighted by atomic mass is 10.4. The van der Waals surface area contributed by atoms with E-state index < -0.39 is 18.1 Å². The lowest BCUT2D eigenvalue weighted by Gasteiger charge is -2.08. The summed E-state index contributed by atoms with van der Waals surface area (Å²) < 4.78 is 42.7. The minimum absolute atomic E-state index is 0.00309. The first kappa shape index (κ1) is 14.3. The van der Waals surface area contributed by atoms with E-state index in [9.17, 15) is 13.0 Å². The minimum Gasteiger partial charge on any atom is -0.208 e. The van der Waals surface area contributed by atoms with Crippen LogP contribution in [0.25, 0.3) is 0 Å². The van der Waals surface area contributed by atoms with E-state index in [1.807, 2.05) is 0 Å². The summed E-state index contributed by atoms with van der Waals surface area (Å²) in [6, 6.07) is 5.87. The van der Waals surface area contributed by atoms with Crippen molar-refractivity contribution in [1.82, 2.24) is 4.72 Å². The number of hydrogen-bond acceptors (Lipinski definition) is 4. The van der Waals surface area contributed by atoms with Gasteiger partial charge in [-0.25, -0.2) is 13.1 Å². The van der Waals surface area contributed by atoms with Gasteiger partial charge in [-0.1, -0.05) is 12.1 Å². The molecule has 1 rings (SSSR count). The predicted octanol–water partition coefficient (Wildman–Crippen LogP) is 1.39. The van der Waals surface area contributed by atoms with Gasteiger partial charge in [0, 0.05) is 6.04 Å². The molecule has 0 aliphatic rings. The first-order valence-corrected chi connectivity index (χ1v) is 7.67. The Morgan fingerprint density at radius 3 is 2.41 bits per heavy atom.